The Balaban J connectivity index is 2.23. The Hall–Kier alpha value is -2.77. The maximum atomic E-state index is 12.6. The van der Waals surface area contributed by atoms with E-state index in [-0.39, 0.29) is 16.7 Å². The van der Waals surface area contributed by atoms with Gasteiger partial charge in [-0.3, -0.25) is 19.3 Å². The van der Waals surface area contributed by atoms with Crippen molar-refractivity contribution >= 4 is 23.7 Å². The lowest BCUT2D eigenvalue weighted by atomic mass is 10.1. The van der Waals surface area contributed by atoms with E-state index >= 15 is 0 Å². The number of carboxylic acids is 1. The third kappa shape index (κ3) is 3.27. The van der Waals surface area contributed by atoms with Crippen LogP contribution < -0.4 is 5.32 Å². The van der Waals surface area contributed by atoms with Crippen LogP contribution in [0.5, 0.6) is 0 Å². The first-order chi connectivity index (χ1) is 11.4. The van der Waals surface area contributed by atoms with Crippen molar-refractivity contribution in [3.63, 3.8) is 0 Å². The fraction of sp³-hybridized carbons (Fsp3) is 0.375. The SMILES string of the molecule is CCCCN1C(=O)c2ccc(C(=O)NC(CF)C(=O)O)cc2C1=O. The number of carbonyl (C=O) groups is 4. The largest absolute Gasteiger partial charge is 0.480 e. The molecule has 0 aliphatic carbocycles. The Bertz CT molecular complexity index is 704. The maximum absolute atomic E-state index is 12.6. The quantitative estimate of drug-likeness (QED) is 0.729. The summed E-state index contributed by atoms with van der Waals surface area (Å²) in [6, 6.07) is 2.22. The second kappa shape index (κ2) is 7.20. The molecular weight excluding hydrogens is 319 g/mol. The zero-order valence-electron chi connectivity index (χ0n) is 13.0. The molecule has 128 valence electrons. The summed E-state index contributed by atoms with van der Waals surface area (Å²) in [5.74, 6) is -3.22. The molecule has 0 saturated heterocycles. The van der Waals surface area contributed by atoms with Crippen molar-refractivity contribution in [3.05, 3.63) is 34.9 Å². The normalized spacial score (nSPS) is 14.5. The predicted octanol–water partition coefficient (Wildman–Crippen LogP) is 1.24. The second-order valence-electron chi connectivity index (χ2n) is 5.39. The number of carboxylic acid groups (broad SMARTS) is 1. The molecule has 0 aromatic heterocycles. The van der Waals surface area contributed by atoms with Crippen LogP contribution in [0.1, 0.15) is 50.8 Å². The first kappa shape index (κ1) is 17.6. The van der Waals surface area contributed by atoms with Gasteiger partial charge in [0.05, 0.1) is 11.1 Å². The summed E-state index contributed by atoms with van der Waals surface area (Å²) >= 11 is 0. The molecule has 24 heavy (non-hydrogen) atoms. The van der Waals surface area contributed by atoms with Gasteiger partial charge >= 0.3 is 5.97 Å². The number of nitrogens with one attached hydrogen (secondary N) is 1. The van der Waals surface area contributed by atoms with Crippen LogP contribution in [-0.4, -0.2) is 53.0 Å². The molecule has 1 aliphatic rings. The molecule has 7 nitrogen and oxygen atoms in total. The number of imide groups is 1. The van der Waals surface area contributed by atoms with E-state index in [1.165, 1.54) is 18.2 Å². The number of hydrogen-bond donors (Lipinski definition) is 2. The van der Waals surface area contributed by atoms with E-state index in [0.29, 0.717) is 13.0 Å². The van der Waals surface area contributed by atoms with Crippen molar-refractivity contribution in [3.8, 4) is 0 Å². The summed E-state index contributed by atoms with van der Waals surface area (Å²) in [7, 11) is 0. The number of benzene rings is 1. The second-order valence-corrected chi connectivity index (χ2v) is 5.39. The van der Waals surface area contributed by atoms with Gasteiger partial charge in [-0.2, -0.15) is 0 Å². The lowest BCUT2D eigenvalue weighted by molar-refractivity contribution is -0.139. The van der Waals surface area contributed by atoms with Crippen molar-refractivity contribution in [1.82, 2.24) is 10.2 Å². The predicted molar refractivity (Wildman–Crippen MR) is 81.6 cm³/mol. The number of halogens is 1. The number of hydrogen-bond acceptors (Lipinski definition) is 4. The van der Waals surface area contributed by atoms with Gasteiger partial charge in [0.15, 0.2) is 6.04 Å². The van der Waals surface area contributed by atoms with Crippen LogP contribution in [-0.2, 0) is 4.79 Å². The van der Waals surface area contributed by atoms with Gasteiger partial charge in [-0.1, -0.05) is 13.3 Å². The molecule has 1 atom stereocenters. The van der Waals surface area contributed by atoms with Crippen LogP contribution in [0.15, 0.2) is 18.2 Å². The average molecular weight is 336 g/mol. The Morgan fingerprint density at radius 1 is 1.25 bits per heavy atom. The summed E-state index contributed by atoms with van der Waals surface area (Å²) in [6.45, 7) is 0.978. The Morgan fingerprint density at radius 3 is 2.50 bits per heavy atom. The molecule has 0 spiro atoms. The number of nitrogens with zero attached hydrogens (tertiary/aromatic N) is 1. The van der Waals surface area contributed by atoms with E-state index < -0.39 is 36.4 Å². The average Bonchev–Trinajstić information content (AvgIpc) is 2.80. The van der Waals surface area contributed by atoms with Crippen molar-refractivity contribution in [2.75, 3.05) is 13.2 Å². The lowest BCUT2D eigenvalue weighted by Gasteiger charge is -2.12. The van der Waals surface area contributed by atoms with Crippen LogP contribution in [0.4, 0.5) is 4.39 Å². The highest BCUT2D eigenvalue weighted by molar-refractivity contribution is 6.22. The van der Waals surface area contributed by atoms with Gasteiger partial charge in [-0.15, -0.1) is 0 Å². The number of alkyl halides is 1. The fourth-order valence-electron chi connectivity index (χ4n) is 2.36. The topological polar surface area (TPSA) is 104 Å². The van der Waals surface area contributed by atoms with Gasteiger partial charge < -0.3 is 10.4 Å². The molecule has 3 amide bonds. The molecule has 0 radical (unpaired) electrons. The smallest absolute Gasteiger partial charge is 0.328 e. The minimum absolute atomic E-state index is 0.00746. The number of rotatable bonds is 7. The van der Waals surface area contributed by atoms with Crippen molar-refractivity contribution in [2.45, 2.75) is 25.8 Å². The minimum atomic E-state index is -1.66. The number of unbranched alkanes of at least 4 members (excludes halogenated alkanes) is 1. The highest BCUT2D eigenvalue weighted by Crippen LogP contribution is 2.24. The molecule has 1 aromatic rings. The molecule has 0 fully saturated rings. The highest BCUT2D eigenvalue weighted by Gasteiger charge is 2.35. The number of aliphatic carboxylic acids is 1. The molecular formula is C16H17FN2O5. The molecule has 8 heteroatoms. The molecule has 1 unspecified atom stereocenters. The van der Waals surface area contributed by atoms with Crippen LogP contribution in [0.3, 0.4) is 0 Å². The zero-order chi connectivity index (χ0) is 17.9. The number of amides is 3. The molecule has 2 N–H and O–H groups in total. The third-order valence-corrected chi connectivity index (χ3v) is 3.73. The monoisotopic (exact) mass is 336 g/mol. The first-order valence-corrected chi connectivity index (χ1v) is 7.50. The summed E-state index contributed by atoms with van der Waals surface area (Å²) in [6.07, 6.45) is 1.50. The lowest BCUT2D eigenvalue weighted by Crippen LogP contribution is -2.42. The van der Waals surface area contributed by atoms with Crippen LogP contribution in [0, 0.1) is 0 Å². The van der Waals surface area contributed by atoms with E-state index in [9.17, 15) is 23.6 Å². The summed E-state index contributed by atoms with van der Waals surface area (Å²) in [4.78, 5) is 48.4. The molecule has 1 aromatic carbocycles. The van der Waals surface area contributed by atoms with Gasteiger partial charge in [0.25, 0.3) is 17.7 Å². The van der Waals surface area contributed by atoms with E-state index in [0.717, 1.165) is 11.3 Å². The molecule has 0 bridgehead atoms. The van der Waals surface area contributed by atoms with Gasteiger partial charge in [-0.05, 0) is 24.6 Å². The van der Waals surface area contributed by atoms with Crippen LogP contribution >= 0.6 is 0 Å². The van der Waals surface area contributed by atoms with Crippen molar-refractivity contribution in [1.29, 1.82) is 0 Å². The minimum Gasteiger partial charge on any atom is -0.480 e. The molecule has 0 saturated carbocycles. The summed E-state index contributed by atoms with van der Waals surface area (Å²) in [5.41, 5.74) is 0.288. The Kier molecular flexibility index (Phi) is 5.28. The summed E-state index contributed by atoms with van der Waals surface area (Å²) < 4.78 is 12.6. The fourth-order valence-corrected chi connectivity index (χ4v) is 2.36. The highest BCUT2D eigenvalue weighted by atomic mass is 19.1. The van der Waals surface area contributed by atoms with E-state index in [2.05, 4.69) is 0 Å². The van der Waals surface area contributed by atoms with Gasteiger partial charge in [0, 0.05) is 12.1 Å². The third-order valence-electron chi connectivity index (χ3n) is 3.73. The maximum Gasteiger partial charge on any atom is 0.328 e. The van der Waals surface area contributed by atoms with Gasteiger partial charge in [-0.25, -0.2) is 9.18 Å². The molecule has 2 rings (SSSR count). The molecule has 1 aliphatic heterocycles. The number of carbonyl (C=O) groups excluding carboxylic acids is 3. The molecule has 1 heterocycles. The van der Waals surface area contributed by atoms with E-state index in [1.54, 1.807) is 0 Å². The Morgan fingerprint density at radius 2 is 1.92 bits per heavy atom. The first-order valence-electron chi connectivity index (χ1n) is 7.50. The van der Waals surface area contributed by atoms with Gasteiger partial charge in [0.1, 0.15) is 6.67 Å². The van der Waals surface area contributed by atoms with E-state index in [1.807, 2.05) is 12.2 Å². The van der Waals surface area contributed by atoms with Crippen LogP contribution in [0.2, 0.25) is 0 Å². The Labute approximate surface area is 137 Å². The van der Waals surface area contributed by atoms with Gasteiger partial charge in [0.2, 0.25) is 0 Å². The standard InChI is InChI=1S/C16H17FN2O5/c1-2-3-6-19-14(21)10-5-4-9(7-11(10)15(19)22)13(20)18-12(8-17)16(23)24/h4-5,7,12H,2-3,6,8H2,1H3,(H,18,20)(H,23,24). The zero-order valence-corrected chi connectivity index (χ0v) is 13.0. The van der Waals surface area contributed by atoms with Crippen molar-refractivity contribution in [2.24, 2.45) is 0 Å². The summed E-state index contributed by atoms with van der Waals surface area (Å²) in [5, 5.41) is 10.8. The van der Waals surface area contributed by atoms with Crippen molar-refractivity contribution < 1.29 is 28.7 Å². The van der Waals surface area contributed by atoms with Crippen LogP contribution in [0.25, 0.3) is 0 Å². The number of fused-ring (bicyclic) bond motifs is 1. The van der Waals surface area contributed by atoms with E-state index in [4.69, 9.17) is 5.11 Å².